The monoisotopic (exact) mass is 332 g/mol. The van der Waals surface area contributed by atoms with Gasteiger partial charge in [0.2, 0.25) is 0 Å². The summed E-state index contributed by atoms with van der Waals surface area (Å²) in [6, 6.07) is 6.92. The van der Waals surface area contributed by atoms with E-state index < -0.39 is 5.97 Å². The number of carboxylic acids is 1. The first-order chi connectivity index (χ1) is 9.56. The topological polar surface area (TPSA) is 60.9 Å². The molecule has 1 heterocycles. The van der Waals surface area contributed by atoms with Crippen LogP contribution in [0.2, 0.25) is 5.02 Å². The van der Waals surface area contributed by atoms with E-state index >= 15 is 0 Å². The number of benzene rings is 1. The molecule has 1 aromatic carbocycles. The van der Waals surface area contributed by atoms with Crippen molar-refractivity contribution < 1.29 is 14.7 Å². The molecule has 1 aromatic rings. The number of piperazine rings is 1. The Bertz CT molecular complexity index is 503. The number of rotatable bonds is 4. The maximum absolute atomic E-state index is 12.3. The maximum Gasteiger partial charge on any atom is 0.304 e. The Kier molecular flexibility index (Phi) is 6.95. The van der Waals surface area contributed by atoms with Crippen LogP contribution in [0.4, 0.5) is 0 Å². The Hall–Kier alpha value is -1.30. The molecule has 1 aliphatic rings. The molecular formula is C14H18Cl2N2O3. The number of hydrogen-bond acceptors (Lipinski definition) is 3. The normalized spacial score (nSPS) is 15.4. The lowest BCUT2D eigenvalue weighted by Gasteiger charge is -2.34. The molecule has 0 bridgehead atoms. The summed E-state index contributed by atoms with van der Waals surface area (Å²) in [5, 5.41) is 9.21. The lowest BCUT2D eigenvalue weighted by atomic mass is 10.2. The van der Waals surface area contributed by atoms with E-state index in [4.69, 9.17) is 16.7 Å². The lowest BCUT2D eigenvalue weighted by molar-refractivity contribution is -0.137. The first-order valence-electron chi connectivity index (χ1n) is 6.55. The van der Waals surface area contributed by atoms with E-state index in [1.54, 1.807) is 29.2 Å². The van der Waals surface area contributed by atoms with E-state index in [0.29, 0.717) is 43.3 Å². The van der Waals surface area contributed by atoms with Crippen LogP contribution in [0.1, 0.15) is 16.8 Å². The number of carbonyl (C=O) groups excluding carboxylic acids is 1. The van der Waals surface area contributed by atoms with Crippen LogP contribution in [0.25, 0.3) is 0 Å². The molecule has 1 N–H and O–H groups in total. The first-order valence-corrected chi connectivity index (χ1v) is 6.93. The molecule has 1 fully saturated rings. The predicted octanol–water partition coefficient (Wildman–Crippen LogP) is 1.99. The fraction of sp³-hybridized carbons (Fsp3) is 0.429. The number of amides is 1. The van der Waals surface area contributed by atoms with Crippen molar-refractivity contribution in [3.05, 3.63) is 34.9 Å². The second-order valence-electron chi connectivity index (χ2n) is 4.79. The summed E-state index contributed by atoms with van der Waals surface area (Å²) in [5.74, 6) is -0.812. The molecule has 0 unspecified atom stereocenters. The van der Waals surface area contributed by atoms with Gasteiger partial charge in [0.1, 0.15) is 0 Å². The van der Waals surface area contributed by atoms with Crippen molar-refractivity contribution in [2.24, 2.45) is 0 Å². The standard InChI is InChI=1S/C14H17ClN2O3.ClH/c15-12-3-1-2-11(10-12)14(20)17-8-6-16(7-9-17)5-4-13(18)19;/h1-3,10H,4-9H2,(H,18,19);1H. The van der Waals surface area contributed by atoms with Crippen molar-refractivity contribution in [2.45, 2.75) is 6.42 Å². The highest BCUT2D eigenvalue weighted by Crippen LogP contribution is 2.14. The van der Waals surface area contributed by atoms with Crippen molar-refractivity contribution in [1.82, 2.24) is 9.80 Å². The minimum absolute atomic E-state index is 0. The third kappa shape index (κ3) is 5.19. The van der Waals surface area contributed by atoms with E-state index in [1.807, 2.05) is 0 Å². The van der Waals surface area contributed by atoms with Crippen LogP contribution in [-0.4, -0.2) is 59.5 Å². The van der Waals surface area contributed by atoms with Gasteiger partial charge in [-0.05, 0) is 18.2 Å². The summed E-state index contributed by atoms with van der Waals surface area (Å²) in [6.45, 7) is 3.18. The summed E-state index contributed by atoms with van der Waals surface area (Å²) < 4.78 is 0. The van der Waals surface area contributed by atoms with Gasteiger partial charge >= 0.3 is 5.97 Å². The molecule has 1 saturated heterocycles. The highest BCUT2D eigenvalue weighted by atomic mass is 35.5. The number of carbonyl (C=O) groups is 2. The predicted molar refractivity (Wildman–Crippen MR) is 83.3 cm³/mol. The third-order valence-corrected chi connectivity index (χ3v) is 3.61. The Balaban J connectivity index is 0.00000220. The van der Waals surface area contributed by atoms with Gasteiger partial charge in [0.25, 0.3) is 5.91 Å². The first kappa shape index (κ1) is 17.8. The van der Waals surface area contributed by atoms with Gasteiger partial charge in [-0.25, -0.2) is 0 Å². The van der Waals surface area contributed by atoms with Crippen LogP contribution in [0.5, 0.6) is 0 Å². The van der Waals surface area contributed by atoms with Gasteiger partial charge < -0.3 is 10.0 Å². The highest BCUT2D eigenvalue weighted by Gasteiger charge is 2.22. The molecular weight excluding hydrogens is 315 g/mol. The summed E-state index contributed by atoms with van der Waals surface area (Å²) in [4.78, 5) is 26.7. The molecule has 0 saturated carbocycles. The van der Waals surface area contributed by atoms with Crippen LogP contribution < -0.4 is 0 Å². The van der Waals surface area contributed by atoms with Crippen molar-refractivity contribution in [3.8, 4) is 0 Å². The van der Waals surface area contributed by atoms with Crippen molar-refractivity contribution in [1.29, 1.82) is 0 Å². The molecule has 0 aliphatic carbocycles. The molecule has 0 aromatic heterocycles. The van der Waals surface area contributed by atoms with Crippen LogP contribution >= 0.6 is 24.0 Å². The number of halogens is 2. The molecule has 1 amide bonds. The molecule has 0 radical (unpaired) electrons. The van der Waals surface area contributed by atoms with E-state index in [0.717, 1.165) is 0 Å². The SMILES string of the molecule is Cl.O=C(O)CCN1CCN(C(=O)c2cccc(Cl)c2)CC1. The zero-order valence-corrected chi connectivity index (χ0v) is 13.1. The van der Waals surface area contributed by atoms with Crippen LogP contribution in [0, 0.1) is 0 Å². The van der Waals surface area contributed by atoms with Gasteiger partial charge in [-0.3, -0.25) is 14.5 Å². The van der Waals surface area contributed by atoms with Crippen LogP contribution in [0.15, 0.2) is 24.3 Å². The minimum Gasteiger partial charge on any atom is -0.481 e. The lowest BCUT2D eigenvalue weighted by Crippen LogP contribution is -2.49. The van der Waals surface area contributed by atoms with Crippen molar-refractivity contribution in [3.63, 3.8) is 0 Å². The zero-order chi connectivity index (χ0) is 14.5. The molecule has 116 valence electrons. The molecule has 21 heavy (non-hydrogen) atoms. The third-order valence-electron chi connectivity index (χ3n) is 3.37. The molecule has 0 spiro atoms. The minimum atomic E-state index is -0.789. The van der Waals surface area contributed by atoms with E-state index in [-0.39, 0.29) is 24.7 Å². The number of hydrogen-bond donors (Lipinski definition) is 1. The molecule has 0 atom stereocenters. The van der Waals surface area contributed by atoms with Crippen LogP contribution in [0.3, 0.4) is 0 Å². The number of carboxylic acid groups (broad SMARTS) is 1. The number of aliphatic carboxylic acids is 1. The number of nitrogens with zero attached hydrogens (tertiary/aromatic N) is 2. The Morgan fingerprint density at radius 1 is 1.19 bits per heavy atom. The summed E-state index contributed by atoms with van der Waals surface area (Å²) >= 11 is 5.89. The van der Waals surface area contributed by atoms with Crippen molar-refractivity contribution >= 4 is 35.9 Å². The van der Waals surface area contributed by atoms with Gasteiger partial charge in [0.15, 0.2) is 0 Å². The second-order valence-corrected chi connectivity index (χ2v) is 5.22. The Labute approximate surface area is 134 Å². The largest absolute Gasteiger partial charge is 0.481 e. The van der Waals surface area contributed by atoms with Crippen molar-refractivity contribution in [2.75, 3.05) is 32.7 Å². The fourth-order valence-corrected chi connectivity index (χ4v) is 2.42. The Morgan fingerprint density at radius 3 is 2.43 bits per heavy atom. The smallest absolute Gasteiger partial charge is 0.304 e. The van der Waals surface area contributed by atoms with Gasteiger partial charge in [0, 0.05) is 43.3 Å². The van der Waals surface area contributed by atoms with E-state index in [1.165, 1.54) is 0 Å². The van der Waals surface area contributed by atoms with Crippen LogP contribution in [-0.2, 0) is 4.79 Å². The zero-order valence-electron chi connectivity index (χ0n) is 11.5. The average molecular weight is 333 g/mol. The molecule has 7 heteroatoms. The fourth-order valence-electron chi connectivity index (χ4n) is 2.23. The van der Waals surface area contributed by atoms with E-state index in [2.05, 4.69) is 4.90 Å². The van der Waals surface area contributed by atoms with Gasteiger partial charge in [-0.15, -0.1) is 12.4 Å². The molecule has 5 nitrogen and oxygen atoms in total. The molecule has 1 aliphatic heterocycles. The highest BCUT2D eigenvalue weighted by molar-refractivity contribution is 6.30. The summed E-state index contributed by atoms with van der Waals surface area (Å²) in [6.07, 6.45) is 0.141. The maximum atomic E-state index is 12.3. The van der Waals surface area contributed by atoms with Gasteiger partial charge in [-0.1, -0.05) is 17.7 Å². The second kappa shape index (κ2) is 8.22. The summed E-state index contributed by atoms with van der Waals surface area (Å²) in [5.41, 5.74) is 0.594. The Morgan fingerprint density at radius 2 is 1.86 bits per heavy atom. The summed E-state index contributed by atoms with van der Waals surface area (Å²) in [7, 11) is 0. The van der Waals surface area contributed by atoms with Gasteiger partial charge in [0.05, 0.1) is 6.42 Å². The van der Waals surface area contributed by atoms with E-state index in [9.17, 15) is 9.59 Å². The average Bonchev–Trinajstić information content (AvgIpc) is 2.45. The quantitative estimate of drug-likeness (QED) is 0.915. The van der Waals surface area contributed by atoms with Gasteiger partial charge in [-0.2, -0.15) is 0 Å². The molecule has 2 rings (SSSR count).